The van der Waals surface area contributed by atoms with Crippen molar-refractivity contribution in [3.8, 4) is 11.3 Å². The van der Waals surface area contributed by atoms with Gasteiger partial charge in [0.05, 0.1) is 16.7 Å². The van der Waals surface area contributed by atoms with E-state index in [1.165, 1.54) is 18.0 Å². The van der Waals surface area contributed by atoms with Crippen molar-refractivity contribution in [3.63, 3.8) is 0 Å². The zero-order valence-corrected chi connectivity index (χ0v) is 17.7. The van der Waals surface area contributed by atoms with Crippen molar-refractivity contribution in [2.45, 2.75) is 17.8 Å². The Morgan fingerprint density at radius 1 is 1.23 bits per heavy atom. The van der Waals surface area contributed by atoms with Crippen molar-refractivity contribution in [1.82, 2.24) is 14.8 Å². The molecule has 2 aromatic heterocycles. The fourth-order valence-corrected chi connectivity index (χ4v) is 3.80. The zero-order valence-electron chi connectivity index (χ0n) is 15.3. The van der Waals surface area contributed by atoms with E-state index in [-0.39, 0.29) is 11.6 Å². The Kier molecular flexibility index (Phi) is 6.38. The zero-order chi connectivity index (χ0) is 21.9. The van der Waals surface area contributed by atoms with Crippen molar-refractivity contribution in [1.29, 1.82) is 0 Å². The number of aromatic nitrogens is 3. The van der Waals surface area contributed by atoms with E-state index in [9.17, 15) is 21.6 Å². The second-order valence-electron chi connectivity index (χ2n) is 5.96. The number of alkyl halides is 3. The van der Waals surface area contributed by atoms with Gasteiger partial charge in [-0.15, -0.1) is 0 Å². The Balaban J connectivity index is 1.97. The monoisotopic (exact) mass is 502 g/mol. The molecule has 0 aliphatic rings. The molecule has 0 saturated carbocycles. The molecule has 0 amide bonds. The fourth-order valence-electron chi connectivity index (χ4n) is 2.50. The standard InChI is InChI=1S/C18H14BrF3N4O3S/c1-29-11-26-10-12(16(25-26)15-3-2-8-23-17(15)19)9-24-30(27,28)14-6-4-13(5-7-14)18(20,21)22/h2-10H,11H2,1H3. The minimum atomic E-state index is -4.56. The number of pyridine rings is 1. The number of hydrogen-bond acceptors (Lipinski definition) is 5. The molecule has 0 unspecified atom stereocenters. The van der Waals surface area contributed by atoms with Gasteiger partial charge in [0.2, 0.25) is 0 Å². The number of ether oxygens (including phenoxy) is 1. The van der Waals surface area contributed by atoms with E-state index in [1.54, 1.807) is 18.3 Å². The highest BCUT2D eigenvalue weighted by Crippen LogP contribution is 2.30. The summed E-state index contributed by atoms with van der Waals surface area (Å²) in [5.74, 6) is 0. The van der Waals surface area contributed by atoms with Crippen LogP contribution in [-0.4, -0.2) is 36.5 Å². The third kappa shape index (κ3) is 4.94. The number of halogens is 4. The van der Waals surface area contributed by atoms with Crippen molar-refractivity contribution >= 4 is 32.2 Å². The van der Waals surface area contributed by atoms with Gasteiger partial charge in [0.1, 0.15) is 17.0 Å². The first-order valence-electron chi connectivity index (χ1n) is 8.26. The molecule has 158 valence electrons. The lowest BCUT2D eigenvalue weighted by Crippen LogP contribution is -2.05. The summed E-state index contributed by atoms with van der Waals surface area (Å²) in [6.45, 7) is 0.115. The molecule has 0 saturated heterocycles. The van der Waals surface area contributed by atoms with Crippen LogP contribution in [0.3, 0.4) is 0 Å². The average molecular weight is 503 g/mol. The van der Waals surface area contributed by atoms with Crippen LogP contribution in [0.15, 0.2) is 62.7 Å². The van der Waals surface area contributed by atoms with Gasteiger partial charge in [-0.3, -0.25) is 0 Å². The molecule has 0 fully saturated rings. The summed E-state index contributed by atoms with van der Waals surface area (Å²) in [7, 11) is -2.75. The topological polar surface area (TPSA) is 86.4 Å². The maximum Gasteiger partial charge on any atom is 0.416 e. The second-order valence-corrected chi connectivity index (χ2v) is 8.35. The first-order chi connectivity index (χ1) is 14.1. The molecule has 0 spiro atoms. The third-order valence-electron chi connectivity index (χ3n) is 3.88. The maximum atomic E-state index is 12.7. The van der Waals surface area contributed by atoms with E-state index in [4.69, 9.17) is 4.74 Å². The molecule has 12 heteroatoms. The Labute approximate surface area is 178 Å². The summed E-state index contributed by atoms with van der Waals surface area (Å²) < 4.78 is 73.6. The van der Waals surface area contributed by atoms with Gasteiger partial charge in [0, 0.05) is 30.6 Å². The Hall–Kier alpha value is -2.57. The Bertz CT molecular complexity index is 1180. The fraction of sp³-hybridized carbons (Fsp3) is 0.167. The largest absolute Gasteiger partial charge is 0.416 e. The number of sulfonamides is 1. The molecule has 0 bridgehead atoms. The van der Waals surface area contributed by atoms with Crippen LogP contribution in [0.1, 0.15) is 11.1 Å². The molecule has 3 rings (SSSR count). The molecule has 0 radical (unpaired) electrons. The van der Waals surface area contributed by atoms with Crippen molar-refractivity contribution in [3.05, 3.63) is 64.5 Å². The van der Waals surface area contributed by atoms with E-state index in [1.807, 2.05) is 0 Å². The number of benzene rings is 1. The first-order valence-corrected chi connectivity index (χ1v) is 10.5. The predicted molar refractivity (Wildman–Crippen MR) is 106 cm³/mol. The van der Waals surface area contributed by atoms with Gasteiger partial charge in [-0.1, -0.05) is 0 Å². The second kappa shape index (κ2) is 8.66. The summed E-state index contributed by atoms with van der Waals surface area (Å²) in [4.78, 5) is 3.76. The Morgan fingerprint density at radius 2 is 1.93 bits per heavy atom. The van der Waals surface area contributed by atoms with Crippen LogP contribution in [0, 0.1) is 0 Å². The van der Waals surface area contributed by atoms with Gasteiger partial charge in [-0.25, -0.2) is 9.67 Å². The van der Waals surface area contributed by atoms with Gasteiger partial charge in [-0.05, 0) is 52.3 Å². The molecule has 1 aromatic carbocycles. The molecule has 0 aliphatic carbocycles. The number of hydrogen-bond donors (Lipinski definition) is 0. The van der Waals surface area contributed by atoms with Crippen LogP contribution < -0.4 is 0 Å². The van der Waals surface area contributed by atoms with E-state index in [2.05, 4.69) is 30.4 Å². The molecule has 2 heterocycles. The third-order valence-corrected chi connectivity index (χ3v) is 5.76. The number of rotatable bonds is 6. The highest BCUT2D eigenvalue weighted by molar-refractivity contribution is 9.10. The van der Waals surface area contributed by atoms with Gasteiger partial charge >= 0.3 is 6.18 Å². The molecule has 30 heavy (non-hydrogen) atoms. The summed E-state index contributed by atoms with van der Waals surface area (Å²) in [6, 6.07) is 6.53. The van der Waals surface area contributed by atoms with Gasteiger partial charge < -0.3 is 4.74 Å². The van der Waals surface area contributed by atoms with Crippen LogP contribution >= 0.6 is 15.9 Å². The average Bonchev–Trinajstić information content (AvgIpc) is 3.09. The lowest BCUT2D eigenvalue weighted by molar-refractivity contribution is -0.137. The number of methoxy groups -OCH3 is 1. The minimum Gasteiger partial charge on any atom is -0.362 e. The summed E-state index contributed by atoms with van der Waals surface area (Å²) in [6.07, 6.45) is -0.374. The number of nitrogens with zero attached hydrogens (tertiary/aromatic N) is 4. The van der Waals surface area contributed by atoms with Crippen molar-refractivity contribution < 1.29 is 26.3 Å². The molecule has 0 N–H and O–H groups in total. The smallest absolute Gasteiger partial charge is 0.362 e. The van der Waals surface area contributed by atoms with Crippen LogP contribution in [0.4, 0.5) is 13.2 Å². The Morgan fingerprint density at radius 3 is 2.53 bits per heavy atom. The molecule has 3 aromatic rings. The minimum absolute atomic E-state index is 0.115. The molecular weight excluding hydrogens is 489 g/mol. The lowest BCUT2D eigenvalue weighted by Gasteiger charge is -2.06. The SMILES string of the molecule is COCn1cc(C=NS(=O)(=O)c2ccc(C(F)(F)F)cc2)c(-c2cccnc2Br)n1. The molecular formula is C18H14BrF3N4O3S. The summed E-state index contributed by atoms with van der Waals surface area (Å²) >= 11 is 3.32. The molecule has 0 aliphatic heterocycles. The van der Waals surface area contributed by atoms with Gasteiger partial charge in [0.25, 0.3) is 10.0 Å². The lowest BCUT2D eigenvalue weighted by atomic mass is 10.1. The summed E-state index contributed by atoms with van der Waals surface area (Å²) in [5, 5.41) is 4.35. The molecule has 0 atom stereocenters. The van der Waals surface area contributed by atoms with Crippen molar-refractivity contribution in [2.24, 2.45) is 4.40 Å². The van der Waals surface area contributed by atoms with Crippen LogP contribution in [0.2, 0.25) is 0 Å². The van der Waals surface area contributed by atoms with Crippen LogP contribution in [0.25, 0.3) is 11.3 Å². The van der Waals surface area contributed by atoms with E-state index >= 15 is 0 Å². The van der Waals surface area contributed by atoms with E-state index < -0.39 is 21.8 Å². The quantitative estimate of drug-likeness (QED) is 0.373. The summed E-state index contributed by atoms with van der Waals surface area (Å²) in [5.41, 5.74) is 0.408. The maximum absolute atomic E-state index is 12.7. The first kappa shape index (κ1) is 22.1. The van der Waals surface area contributed by atoms with E-state index in [0.29, 0.717) is 33.6 Å². The predicted octanol–water partition coefficient (Wildman–Crippen LogP) is 4.14. The van der Waals surface area contributed by atoms with Gasteiger partial charge in [0.15, 0.2) is 0 Å². The van der Waals surface area contributed by atoms with Crippen LogP contribution in [0.5, 0.6) is 0 Å². The van der Waals surface area contributed by atoms with Crippen molar-refractivity contribution in [2.75, 3.05) is 7.11 Å². The van der Waals surface area contributed by atoms with Crippen LogP contribution in [-0.2, 0) is 27.7 Å². The highest BCUT2D eigenvalue weighted by Gasteiger charge is 2.30. The molecule has 7 nitrogen and oxygen atoms in total. The van der Waals surface area contributed by atoms with Gasteiger partial charge in [-0.2, -0.15) is 31.1 Å². The normalized spacial score (nSPS) is 12.6. The highest BCUT2D eigenvalue weighted by atomic mass is 79.9. The van der Waals surface area contributed by atoms with E-state index in [0.717, 1.165) is 18.3 Å².